The Balaban J connectivity index is 1.85. The Labute approximate surface area is 181 Å². The fraction of sp³-hybridized carbons (Fsp3) is 0.227. The summed E-state index contributed by atoms with van der Waals surface area (Å²) < 4.78 is 28.9. The van der Waals surface area contributed by atoms with Gasteiger partial charge in [0.05, 0.1) is 35.3 Å². The van der Waals surface area contributed by atoms with Gasteiger partial charge in [0.1, 0.15) is 5.82 Å². The third-order valence-electron chi connectivity index (χ3n) is 4.73. The number of nitrogens with zero attached hydrogens (tertiary/aromatic N) is 4. The van der Waals surface area contributed by atoms with Gasteiger partial charge >= 0.3 is 0 Å². The molecule has 160 valence electrons. The minimum atomic E-state index is -3.85. The quantitative estimate of drug-likeness (QED) is 0.609. The van der Waals surface area contributed by atoms with Crippen LogP contribution >= 0.6 is 0 Å². The average molecular weight is 438 g/mol. The monoisotopic (exact) mass is 437 g/mol. The summed E-state index contributed by atoms with van der Waals surface area (Å²) in [5.41, 5.74) is 2.45. The molecule has 2 aromatic carbocycles. The van der Waals surface area contributed by atoms with Gasteiger partial charge in [-0.2, -0.15) is 10.4 Å². The predicted octanol–water partition coefficient (Wildman–Crippen LogP) is 3.49. The summed E-state index contributed by atoms with van der Waals surface area (Å²) in [4.78, 5) is 12.8. The number of nitriles is 1. The van der Waals surface area contributed by atoms with Gasteiger partial charge in [0.15, 0.2) is 0 Å². The standard InChI is InChI=1S/C22H23N5O3S/c1-16-8-10-19(11-9-16)26(3)31(29,30)20-7-4-6-18(15-20)22(28)24-21-14-17(2)25-27(21)13-5-12-23/h4,6-11,14-15H,5,13H2,1-3H3,(H,24,28). The summed E-state index contributed by atoms with van der Waals surface area (Å²) in [6, 6.07) is 16.7. The molecule has 0 aliphatic rings. The number of carbonyl (C=O) groups excluding carboxylic acids is 1. The van der Waals surface area contributed by atoms with E-state index in [1.807, 2.05) is 25.1 Å². The van der Waals surface area contributed by atoms with Crippen LogP contribution in [0.2, 0.25) is 0 Å². The van der Waals surface area contributed by atoms with Gasteiger partial charge in [-0.25, -0.2) is 13.1 Å². The summed E-state index contributed by atoms with van der Waals surface area (Å²) in [6.45, 7) is 4.05. The third kappa shape index (κ3) is 4.92. The van der Waals surface area contributed by atoms with E-state index in [0.717, 1.165) is 5.56 Å². The molecule has 1 amide bonds. The van der Waals surface area contributed by atoms with Crippen LogP contribution < -0.4 is 9.62 Å². The Kier molecular flexibility index (Phi) is 6.42. The summed E-state index contributed by atoms with van der Waals surface area (Å²) in [5, 5.41) is 15.8. The molecule has 0 unspecified atom stereocenters. The Morgan fingerprint density at radius 2 is 1.87 bits per heavy atom. The lowest BCUT2D eigenvalue weighted by Gasteiger charge is -2.20. The van der Waals surface area contributed by atoms with Crippen molar-refractivity contribution in [1.82, 2.24) is 9.78 Å². The van der Waals surface area contributed by atoms with Crippen LogP contribution in [0.3, 0.4) is 0 Å². The second-order valence-corrected chi connectivity index (χ2v) is 9.06. The Morgan fingerprint density at radius 3 is 2.55 bits per heavy atom. The highest BCUT2D eigenvalue weighted by molar-refractivity contribution is 7.92. The topological polar surface area (TPSA) is 108 Å². The number of anilines is 2. The molecule has 9 heteroatoms. The minimum absolute atomic E-state index is 0.0115. The SMILES string of the molecule is Cc1ccc(N(C)S(=O)(=O)c2cccc(C(=O)Nc3cc(C)nn3CCC#N)c2)cc1. The van der Waals surface area contributed by atoms with Crippen LogP contribution in [0.5, 0.6) is 0 Å². The van der Waals surface area contributed by atoms with E-state index in [-0.39, 0.29) is 16.9 Å². The van der Waals surface area contributed by atoms with Crippen LogP contribution in [0.25, 0.3) is 0 Å². The molecule has 1 aromatic heterocycles. The maximum Gasteiger partial charge on any atom is 0.264 e. The summed E-state index contributed by atoms with van der Waals surface area (Å²) >= 11 is 0. The number of hydrogen-bond acceptors (Lipinski definition) is 5. The van der Waals surface area contributed by atoms with E-state index in [9.17, 15) is 13.2 Å². The lowest BCUT2D eigenvalue weighted by molar-refractivity contribution is 0.102. The van der Waals surface area contributed by atoms with Crippen molar-refractivity contribution in [2.24, 2.45) is 0 Å². The van der Waals surface area contributed by atoms with Crippen molar-refractivity contribution in [2.75, 3.05) is 16.7 Å². The number of hydrogen-bond donors (Lipinski definition) is 1. The Morgan fingerprint density at radius 1 is 1.16 bits per heavy atom. The molecule has 0 atom stereocenters. The fourth-order valence-corrected chi connectivity index (χ4v) is 4.25. The zero-order valence-corrected chi connectivity index (χ0v) is 18.3. The fourth-order valence-electron chi connectivity index (χ4n) is 3.01. The summed E-state index contributed by atoms with van der Waals surface area (Å²) in [7, 11) is -2.37. The molecule has 0 aliphatic heterocycles. The molecule has 0 spiro atoms. The molecule has 0 saturated heterocycles. The maximum absolute atomic E-state index is 13.1. The molecule has 0 fully saturated rings. The van der Waals surface area contributed by atoms with Gasteiger partial charge in [0, 0.05) is 18.7 Å². The molecule has 0 radical (unpaired) electrons. The van der Waals surface area contributed by atoms with Crippen molar-refractivity contribution in [3.63, 3.8) is 0 Å². The van der Waals surface area contributed by atoms with E-state index in [2.05, 4.69) is 10.4 Å². The first kappa shape index (κ1) is 22.1. The average Bonchev–Trinajstić information content (AvgIpc) is 3.11. The molecule has 1 heterocycles. The van der Waals surface area contributed by atoms with Crippen LogP contribution in [0.15, 0.2) is 59.5 Å². The van der Waals surface area contributed by atoms with Crippen LogP contribution in [0, 0.1) is 25.2 Å². The number of benzene rings is 2. The van der Waals surface area contributed by atoms with Crippen molar-refractivity contribution >= 4 is 27.4 Å². The van der Waals surface area contributed by atoms with Gasteiger partial charge in [0.2, 0.25) is 0 Å². The largest absolute Gasteiger partial charge is 0.307 e. The molecule has 8 nitrogen and oxygen atoms in total. The van der Waals surface area contributed by atoms with Gasteiger partial charge in [-0.15, -0.1) is 0 Å². The first-order valence-corrected chi connectivity index (χ1v) is 11.0. The number of aromatic nitrogens is 2. The van der Waals surface area contributed by atoms with Gasteiger partial charge in [0.25, 0.3) is 15.9 Å². The van der Waals surface area contributed by atoms with E-state index in [1.54, 1.807) is 35.9 Å². The number of aryl methyl sites for hydroxylation is 3. The molecule has 3 aromatic rings. The Hall–Kier alpha value is -3.64. The molecular weight excluding hydrogens is 414 g/mol. The second kappa shape index (κ2) is 9.02. The van der Waals surface area contributed by atoms with Crippen molar-refractivity contribution in [3.8, 4) is 6.07 Å². The van der Waals surface area contributed by atoms with Crippen LogP contribution in [0.4, 0.5) is 11.5 Å². The zero-order valence-electron chi connectivity index (χ0n) is 17.5. The van der Waals surface area contributed by atoms with E-state index in [0.29, 0.717) is 23.7 Å². The molecular formula is C22H23N5O3S. The minimum Gasteiger partial charge on any atom is -0.307 e. The van der Waals surface area contributed by atoms with Crippen LogP contribution in [-0.2, 0) is 16.6 Å². The zero-order chi connectivity index (χ0) is 22.6. The third-order valence-corrected chi connectivity index (χ3v) is 6.51. The molecule has 0 aliphatic carbocycles. The molecule has 31 heavy (non-hydrogen) atoms. The molecule has 3 rings (SSSR count). The highest BCUT2D eigenvalue weighted by atomic mass is 32.2. The van der Waals surface area contributed by atoms with Crippen molar-refractivity contribution in [2.45, 2.75) is 31.7 Å². The first-order chi connectivity index (χ1) is 14.7. The normalized spacial score (nSPS) is 11.0. The summed E-state index contributed by atoms with van der Waals surface area (Å²) in [6.07, 6.45) is 0.253. The van der Waals surface area contributed by atoms with Crippen molar-refractivity contribution in [1.29, 1.82) is 5.26 Å². The molecule has 0 saturated carbocycles. The van der Waals surface area contributed by atoms with E-state index in [4.69, 9.17) is 5.26 Å². The lowest BCUT2D eigenvalue weighted by Crippen LogP contribution is -2.27. The van der Waals surface area contributed by atoms with Crippen LogP contribution in [-0.4, -0.2) is 31.2 Å². The second-order valence-electron chi connectivity index (χ2n) is 7.09. The van der Waals surface area contributed by atoms with E-state index >= 15 is 0 Å². The van der Waals surface area contributed by atoms with Gasteiger partial charge in [-0.3, -0.25) is 9.10 Å². The lowest BCUT2D eigenvalue weighted by atomic mass is 10.2. The van der Waals surface area contributed by atoms with Crippen molar-refractivity contribution < 1.29 is 13.2 Å². The van der Waals surface area contributed by atoms with Crippen LogP contribution in [0.1, 0.15) is 28.0 Å². The summed E-state index contributed by atoms with van der Waals surface area (Å²) in [5.74, 6) is -0.0177. The van der Waals surface area contributed by atoms with E-state index < -0.39 is 15.9 Å². The smallest absolute Gasteiger partial charge is 0.264 e. The molecule has 0 bridgehead atoms. The predicted molar refractivity (Wildman–Crippen MR) is 118 cm³/mol. The maximum atomic E-state index is 13.1. The first-order valence-electron chi connectivity index (χ1n) is 9.61. The molecule has 1 N–H and O–H groups in total. The van der Waals surface area contributed by atoms with Crippen molar-refractivity contribution in [3.05, 3.63) is 71.4 Å². The highest BCUT2D eigenvalue weighted by Crippen LogP contribution is 2.23. The number of amides is 1. The van der Waals surface area contributed by atoms with Gasteiger partial charge < -0.3 is 5.32 Å². The van der Waals surface area contributed by atoms with Gasteiger partial charge in [-0.05, 0) is 44.2 Å². The number of carbonyl (C=O) groups is 1. The number of nitrogens with one attached hydrogen (secondary N) is 1. The number of sulfonamides is 1. The van der Waals surface area contributed by atoms with Gasteiger partial charge in [-0.1, -0.05) is 23.8 Å². The Bertz CT molecular complexity index is 1240. The number of rotatable bonds is 7. The highest BCUT2D eigenvalue weighted by Gasteiger charge is 2.22. The van der Waals surface area contributed by atoms with E-state index in [1.165, 1.54) is 29.6 Å².